The molecule has 2 aromatic carbocycles. The van der Waals surface area contributed by atoms with Crippen LogP contribution < -0.4 is 5.73 Å². The predicted octanol–water partition coefficient (Wildman–Crippen LogP) is 3.06. The van der Waals surface area contributed by atoms with Gasteiger partial charge in [-0.1, -0.05) is 36.4 Å². The van der Waals surface area contributed by atoms with Gasteiger partial charge in [-0.2, -0.15) is 0 Å². The smallest absolute Gasteiger partial charge is 0.254 e. The lowest BCUT2D eigenvalue weighted by Crippen LogP contribution is -2.48. The van der Waals surface area contributed by atoms with Crippen LogP contribution >= 0.6 is 0 Å². The summed E-state index contributed by atoms with van der Waals surface area (Å²) >= 11 is 0. The molecular weight excluding hydrogens is 300 g/mol. The Bertz CT molecular complexity index is 712. The van der Waals surface area contributed by atoms with Gasteiger partial charge in [0.1, 0.15) is 6.10 Å². The number of carbonyl (C=O) groups is 1. The molecule has 4 nitrogen and oxygen atoms in total. The number of hydrogen-bond donors (Lipinski definition) is 1. The highest BCUT2D eigenvalue weighted by molar-refractivity contribution is 5.94. The number of nitrogens with two attached hydrogens (primary N) is 1. The van der Waals surface area contributed by atoms with E-state index < -0.39 is 0 Å². The summed E-state index contributed by atoms with van der Waals surface area (Å²) in [7, 11) is 0. The highest BCUT2D eigenvalue weighted by Gasteiger charge is 2.31. The van der Waals surface area contributed by atoms with Gasteiger partial charge in [-0.25, -0.2) is 0 Å². The van der Waals surface area contributed by atoms with Crippen molar-refractivity contribution in [3.8, 4) is 0 Å². The Morgan fingerprint density at radius 3 is 2.58 bits per heavy atom. The van der Waals surface area contributed by atoms with Crippen LogP contribution in [0.25, 0.3) is 0 Å². The highest BCUT2D eigenvalue weighted by Crippen LogP contribution is 2.28. The molecule has 0 saturated carbocycles. The third-order valence-electron chi connectivity index (χ3n) is 4.67. The van der Waals surface area contributed by atoms with Crippen LogP contribution in [0.15, 0.2) is 48.5 Å². The predicted molar refractivity (Wildman–Crippen MR) is 94.7 cm³/mol. The van der Waals surface area contributed by atoms with Gasteiger partial charge < -0.3 is 15.4 Å². The number of nitrogens with zero attached hydrogens (tertiary/aromatic N) is 1. The quantitative estimate of drug-likeness (QED) is 0.944. The fraction of sp³-hybridized carbons (Fsp3) is 0.350. The number of aryl methyl sites for hydroxylation is 1. The number of carbonyl (C=O) groups excluding carboxylic acids is 1. The second-order valence-electron chi connectivity index (χ2n) is 6.39. The van der Waals surface area contributed by atoms with Crippen molar-refractivity contribution in [2.24, 2.45) is 5.73 Å². The minimum absolute atomic E-state index is 0.0490. The van der Waals surface area contributed by atoms with Gasteiger partial charge in [-0.05, 0) is 42.7 Å². The average molecular weight is 324 g/mol. The summed E-state index contributed by atoms with van der Waals surface area (Å²) in [5, 5.41) is 0. The average Bonchev–Trinajstić information content (AvgIpc) is 2.62. The van der Waals surface area contributed by atoms with E-state index in [1.165, 1.54) is 5.56 Å². The first kappa shape index (κ1) is 16.7. The maximum atomic E-state index is 12.9. The second-order valence-corrected chi connectivity index (χ2v) is 6.39. The molecule has 1 saturated heterocycles. The maximum Gasteiger partial charge on any atom is 0.254 e. The van der Waals surface area contributed by atoms with E-state index in [4.69, 9.17) is 10.5 Å². The summed E-state index contributed by atoms with van der Waals surface area (Å²) in [4.78, 5) is 14.8. The lowest BCUT2D eigenvalue weighted by atomic mass is 10.0. The first-order chi connectivity index (χ1) is 11.6. The van der Waals surface area contributed by atoms with Gasteiger partial charge in [0.15, 0.2) is 0 Å². The Morgan fingerprint density at radius 2 is 1.92 bits per heavy atom. The third kappa shape index (κ3) is 3.35. The molecule has 2 aromatic rings. The van der Waals surface area contributed by atoms with Crippen LogP contribution in [-0.2, 0) is 11.3 Å². The van der Waals surface area contributed by atoms with Crippen LogP contribution in [0, 0.1) is 6.92 Å². The monoisotopic (exact) mass is 324 g/mol. The van der Waals surface area contributed by atoms with Crippen LogP contribution in [0.1, 0.15) is 40.1 Å². The Morgan fingerprint density at radius 1 is 1.21 bits per heavy atom. The number of benzene rings is 2. The standard InChI is InChI=1S/C20H24N2O2/c1-14-5-3-4-6-18(14)19-12-22(15(2)13-24-19)20(23)17-9-7-16(11-21)8-10-17/h3-10,15,19H,11-13,21H2,1-2H3. The van der Waals surface area contributed by atoms with Crippen molar-refractivity contribution >= 4 is 5.91 Å². The molecule has 0 spiro atoms. The van der Waals surface area contributed by atoms with Gasteiger partial charge in [-0.15, -0.1) is 0 Å². The van der Waals surface area contributed by atoms with Crippen LogP contribution in [0.2, 0.25) is 0 Å². The summed E-state index contributed by atoms with van der Waals surface area (Å²) in [5.41, 5.74) is 9.70. The molecule has 2 unspecified atom stereocenters. The molecule has 4 heteroatoms. The molecule has 1 amide bonds. The largest absolute Gasteiger partial charge is 0.370 e. The summed E-state index contributed by atoms with van der Waals surface area (Å²) < 4.78 is 6.00. The fourth-order valence-electron chi connectivity index (χ4n) is 3.13. The molecule has 0 aromatic heterocycles. The van der Waals surface area contributed by atoms with E-state index in [9.17, 15) is 4.79 Å². The van der Waals surface area contributed by atoms with Crippen molar-refractivity contribution in [3.63, 3.8) is 0 Å². The van der Waals surface area contributed by atoms with Crippen LogP contribution in [0.3, 0.4) is 0 Å². The zero-order valence-electron chi connectivity index (χ0n) is 14.2. The molecule has 1 aliphatic rings. The van der Waals surface area contributed by atoms with Gasteiger partial charge in [0, 0.05) is 12.1 Å². The van der Waals surface area contributed by atoms with Crippen LogP contribution in [0.4, 0.5) is 0 Å². The third-order valence-corrected chi connectivity index (χ3v) is 4.67. The molecule has 126 valence electrons. The first-order valence-electron chi connectivity index (χ1n) is 8.37. The Labute approximate surface area is 143 Å². The second kappa shape index (κ2) is 7.16. The highest BCUT2D eigenvalue weighted by atomic mass is 16.5. The topological polar surface area (TPSA) is 55.6 Å². The maximum absolute atomic E-state index is 12.9. The number of rotatable bonds is 3. The normalized spacial score (nSPS) is 20.9. The number of amides is 1. The van der Waals surface area contributed by atoms with Crippen molar-refractivity contribution in [1.82, 2.24) is 4.90 Å². The fourth-order valence-corrected chi connectivity index (χ4v) is 3.13. The number of morpholine rings is 1. The van der Waals surface area contributed by atoms with E-state index in [1.807, 2.05) is 48.2 Å². The molecule has 2 N–H and O–H groups in total. The van der Waals surface area contributed by atoms with E-state index in [0.29, 0.717) is 25.3 Å². The Kier molecular flexibility index (Phi) is 4.97. The van der Waals surface area contributed by atoms with Gasteiger partial charge in [0.25, 0.3) is 5.91 Å². The summed E-state index contributed by atoms with van der Waals surface area (Å²) in [6, 6.07) is 15.8. The molecule has 2 atom stereocenters. The molecule has 1 heterocycles. The molecule has 0 bridgehead atoms. The van der Waals surface area contributed by atoms with E-state index in [1.54, 1.807) is 0 Å². The SMILES string of the molecule is Cc1ccccc1C1CN(C(=O)c2ccc(CN)cc2)C(C)CO1. The molecular formula is C20H24N2O2. The van der Waals surface area contributed by atoms with E-state index >= 15 is 0 Å². The van der Waals surface area contributed by atoms with E-state index in [2.05, 4.69) is 19.1 Å². The van der Waals surface area contributed by atoms with Crippen molar-refractivity contribution in [2.75, 3.05) is 13.2 Å². The lowest BCUT2D eigenvalue weighted by molar-refractivity contribution is -0.0489. The van der Waals surface area contributed by atoms with Crippen LogP contribution in [0.5, 0.6) is 0 Å². The van der Waals surface area contributed by atoms with Crippen molar-refractivity contribution < 1.29 is 9.53 Å². The summed E-state index contributed by atoms with van der Waals surface area (Å²) in [5.74, 6) is 0.0490. The zero-order chi connectivity index (χ0) is 17.1. The van der Waals surface area contributed by atoms with Gasteiger partial charge in [0.2, 0.25) is 0 Å². The van der Waals surface area contributed by atoms with Crippen molar-refractivity contribution in [3.05, 3.63) is 70.8 Å². The summed E-state index contributed by atoms with van der Waals surface area (Å²) in [6.45, 7) is 5.71. The minimum Gasteiger partial charge on any atom is -0.370 e. The molecule has 3 rings (SSSR count). The van der Waals surface area contributed by atoms with Gasteiger partial charge in [0.05, 0.1) is 19.2 Å². The van der Waals surface area contributed by atoms with Crippen LogP contribution in [-0.4, -0.2) is 30.0 Å². The number of ether oxygens (including phenoxy) is 1. The zero-order valence-corrected chi connectivity index (χ0v) is 14.2. The van der Waals surface area contributed by atoms with Gasteiger partial charge >= 0.3 is 0 Å². The molecule has 1 aliphatic heterocycles. The minimum atomic E-state index is -0.0744. The Balaban J connectivity index is 1.80. The van der Waals surface area contributed by atoms with E-state index in [-0.39, 0.29) is 18.1 Å². The molecule has 1 fully saturated rings. The molecule has 24 heavy (non-hydrogen) atoms. The van der Waals surface area contributed by atoms with Crippen molar-refractivity contribution in [2.45, 2.75) is 32.5 Å². The van der Waals surface area contributed by atoms with Gasteiger partial charge in [-0.3, -0.25) is 4.79 Å². The summed E-state index contributed by atoms with van der Waals surface area (Å²) in [6.07, 6.45) is -0.0744. The molecule has 0 aliphatic carbocycles. The van der Waals surface area contributed by atoms with E-state index in [0.717, 1.165) is 11.1 Å². The lowest BCUT2D eigenvalue weighted by Gasteiger charge is -2.38. The number of hydrogen-bond acceptors (Lipinski definition) is 3. The van der Waals surface area contributed by atoms with Crippen molar-refractivity contribution in [1.29, 1.82) is 0 Å². The molecule has 0 radical (unpaired) electrons. The first-order valence-corrected chi connectivity index (χ1v) is 8.37. The Hall–Kier alpha value is -2.17.